The number of benzene rings is 2. The van der Waals surface area contributed by atoms with E-state index in [9.17, 15) is 9.59 Å². The van der Waals surface area contributed by atoms with Crippen molar-refractivity contribution in [1.82, 2.24) is 0 Å². The lowest BCUT2D eigenvalue weighted by Crippen LogP contribution is -2.15. The highest BCUT2D eigenvalue weighted by Crippen LogP contribution is 2.14. The average molecular weight is 310 g/mol. The molecule has 0 aliphatic heterocycles. The average Bonchev–Trinajstić information content (AvgIpc) is 2.55. The molecule has 0 unspecified atom stereocenters. The van der Waals surface area contributed by atoms with Gasteiger partial charge in [-0.25, -0.2) is 0 Å². The lowest BCUT2D eigenvalue weighted by molar-refractivity contribution is -0.115. The molecule has 0 aliphatic carbocycles. The predicted octanol–water partition coefficient (Wildman–Crippen LogP) is 2.48. The van der Waals surface area contributed by atoms with Crippen LogP contribution in [0, 0.1) is 0 Å². The Labute approximate surface area is 134 Å². The zero-order valence-electron chi connectivity index (χ0n) is 12.6. The number of aliphatic hydroxyl groups is 1. The molecule has 2 amide bonds. The summed E-state index contributed by atoms with van der Waals surface area (Å²) in [5.41, 5.74) is 2.76. The first kappa shape index (κ1) is 16.5. The minimum atomic E-state index is -0.299. The summed E-state index contributed by atoms with van der Waals surface area (Å²) in [6, 6.07) is 14.1. The summed E-state index contributed by atoms with van der Waals surface area (Å²) in [6.45, 7) is 3.32. The fourth-order valence-electron chi connectivity index (χ4n) is 2.09. The molecule has 0 saturated carbocycles. The first-order valence-corrected chi connectivity index (χ1v) is 7.12. The number of hydrogen-bond donors (Lipinski definition) is 3. The molecule has 0 bridgehead atoms. The Morgan fingerprint density at radius 2 is 1.61 bits per heavy atom. The van der Waals surface area contributed by atoms with Gasteiger partial charge in [0.1, 0.15) is 0 Å². The third-order valence-corrected chi connectivity index (χ3v) is 3.14. The van der Waals surface area contributed by atoms with E-state index in [1.807, 2.05) is 6.07 Å². The van der Waals surface area contributed by atoms with E-state index in [-0.39, 0.29) is 24.8 Å². The van der Waals surface area contributed by atoms with Gasteiger partial charge in [0.05, 0.1) is 13.0 Å². The van der Waals surface area contributed by atoms with Crippen LogP contribution in [0.3, 0.4) is 0 Å². The molecule has 3 N–H and O–H groups in total. The molecule has 23 heavy (non-hydrogen) atoms. The largest absolute Gasteiger partial charge is 0.392 e. The lowest BCUT2D eigenvalue weighted by Gasteiger charge is -2.08. The van der Waals surface area contributed by atoms with E-state index < -0.39 is 0 Å². The standard InChI is InChI=1S/C18H18N2O3/c1-2-17(22)19-15-7-3-5-13(9-15)11-18(23)20-16-8-4-6-14(10-16)12-21/h2-10,21H,1,11-12H2,(H,19,22)(H,20,23). The molecule has 118 valence electrons. The van der Waals surface area contributed by atoms with Crippen LogP contribution in [-0.4, -0.2) is 16.9 Å². The highest BCUT2D eigenvalue weighted by molar-refractivity contribution is 5.99. The monoisotopic (exact) mass is 310 g/mol. The second-order valence-electron chi connectivity index (χ2n) is 4.98. The number of carbonyl (C=O) groups is 2. The maximum absolute atomic E-state index is 12.1. The van der Waals surface area contributed by atoms with Gasteiger partial charge in [-0.2, -0.15) is 0 Å². The Kier molecular flexibility index (Phi) is 5.66. The van der Waals surface area contributed by atoms with Crippen LogP contribution in [0.15, 0.2) is 61.2 Å². The summed E-state index contributed by atoms with van der Waals surface area (Å²) in [5, 5.41) is 14.5. The Hall–Kier alpha value is -2.92. The van der Waals surface area contributed by atoms with Crippen molar-refractivity contribution in [3.8, 4) is 0 Å². The molecule has 0 aromatic heterocycles. The van der Waals surface area contributed by atoms with Gasteiger partial charge >= 0.3 is 0 Å². The quantitative estimate of drug-likeness (QED) is 0.717. The molecule has 0 radical (unpaired) electrons. The Morgan fingerprint density at radius 3 is 2.26 bits per heavy atom. The maximum Gasteiger partial charge on any atom is 0.247 e. The highest BCUT2D eigenvalue weighted by Gasteiger charge is 2.06. The number of amides is 2. The fourth-order valence-corrected chi connectivity index (χ4v) is 2.09. The number of nitrogens with one attached hydrogen (secondary N) is 2. The van der Waals surface area contributed by atoms with Gasteiger partial charge < -0.3 is 15.7 Å². The maximum atomic E-state index is 12.1. The summed E-state index contributed by atoms with van der Waals surface area (Å²) < 4.78 is 0. The summed E-state index contributed by atoms with van der Waals surface area (Å²) in [4.78, 5) is 23.4. The first-order chi connectivity index (χ1) is 11.1. The van der Waals surface area contributed by atoms with E-state index >= 15 is 0 Å². The molecule has 0 atom stereocenters. The number of aliphatic hydroxyl groups excluding tert-OH is 1. The van der Waals surface area contributed by atoms with Gasteiger partial charge in [0.2, 0.25) is 11.8 Å². The minimum Gasteiger partial charge on any atom is -0.392 e. The topological polar surface area (TPSA) is 78.4 Å². The predicted molar refractivity (Wildman–Crippen MR) is 90.0 cm³/mol. The van der Waals surface area contributed by atoms with E-state index in [0.29, 0.717) is 11.4 Å². The third kappa shape index (κ3) is 5.09. The van der Waals surface area contributed by atoms with Crippen molar-refractivity contribution in [3.63, 3.8) is 0 Å². The van der Waals surface area contributed by atoms with Crippen molar-refractivity contribution in [3.05, 3.63) is 72.3 Å². The van der Waals surface area contributed by atoms with Crippen molar-refractivity contribution in [2.24, 2.45) is 0 Å². The molecule has 2 rings (SSSR count). The van der Waals surface area contributed by atoms with Crippen molar-refractivity contribution in [2.75, 3.05) is 10.6 Å². The molecule has 5 heteroatoms. The van der Waals surface area contributed by atoms with E-state index in [2.05, 4.69) is 17.2 Å². The molecule has 2 aromatic rings. The van der Waals surface area contributed by atoms with E-state index in [1.54, 1.807) is 42.5 Å². The second kappa shape index (κ2) is 7.91. The van der Waals surface area contributed by atoms with E-state index in [0.717, 1.165) is 11.1 Å². The Balaban J connectivity index is 2.00. The van der Waals surface area contributed by atoms with Crippen molar-refractivity contribution in [2.45, 2.75) is 13.0 Å². The van der Waals surface area contributed by atoms with Crippen LogP contribution in [0.2, 0.25) is 0 Å². The highest BCUT2D eigenvalue weighted by atomic mass is 16.3. The molecule has 5 nitrogen and oxygen atoms in total. The van der Waals surface area contributed by atoms with Crippen LogP contribution in [0.1, 0.15) is 11.1 Å². The molecule has 2 aromatic carbocycles. The molecule has 0 fully saturated rings. The van der Waals surface area contributed by atoms with Gasteiger partial charge in [0.25, 0.3) is 0 Å². The van der Waals surface area contributed by atoms with Gasteiger partial charge in [0.15, 0.2) is 0 Å². The Bertz CT molecular complexity index is 726. The molecular weight excluding hydrogens is 292 g/mol. The lowest BCUT2D eigenvalue weighted by atomic mass is 10.1. The van der Waals surface area contributed by atoms with Gasteiger partial charge in [-0.05, 0) is 41.5 Å². The van der Waals surface area contributed by atoms with Crippen molar-refractivity contribution < 1.29 is 14.7 Å². The van der Waals surface area contributed by atoms with Gasteiger partial charge in [-0.15, -0.1) is 0 Å². The van der Waals surface area contributed by atoms with Gasteiger partial charge in [-0.1, -0.05) is 30.8 Å². The number of rotatable bonds is 6. The van der Waals surface area contributed by atoms with Gasteiger partial charge in [-0.3, -0.25) is 9.59 Å². The number of hydrogen-bond acceptors (Lipinski definition) is 3. The number of carbonyl (C=O) groups excluding carboxylic acids is 2. The zero-order valence-corrected chi connectivity index (χ0v) is 12.6. The zero-order chi connectivity index (χ0) is 16.7. The molecule has 0 saturated heterocycles. The van der Waals surface area contributed by atoms with E-state index in [4.69, 9.17) is 5.11 Å². The third-order valence-electron chi connectivity index (χ3n) is 3.14. The fraction of sp³-hybridized carbons (Fsp3) is 0.111. The van der Waals surface area contributed by atoms with E-state index in [1.165, 1.54) is 6.08 Å². The number of anilines is 2. The summed E-state index contributed by atoms with van der Waals surface area (Å²) in [5.74, 6) is -0.472. The summed E-state index contributed by atoms with van der Waals surface area (Å²) >= 11 is 0. The minimum absolute atomic E-state index is 0.0746. The summed E-state index contributed by atoms with van der Waals surface area (Å²) in [6.07, 6.45) is 1.37. The SMILES string of the molecule is C=CC(=O)Nc1cccc(CC(=O)Nc2cccc(CO)c2)c1. The van der Waals surface area contributed by atoms with Crippen LogP contribution in [0.4, 0.5) is 11.4 Å². The van der Waals surface area contributed by atoms with Crippen LogP contribution in [0.25, 0.3) is 0 Å². The van der Waals surface area contributed by atoms with Gasteiger partial charge in [0, 0.05) is 11.4 Å². The first-order valence-electron chi connectivity index (χ1n) is 7.12. The molecular formula is C18H18N2O3. The van der Waals surface area contributed by atoms with Crippen molar-refractivity contribution in [1.29, 1.82) is 0 Å². The normalized spacial score (nSPS) is 9.96. The van der Waals surface area contributed by atoms with Crippen LogP contribution in [-0.2, 0) is 22.6 Å². The summed E-state index contributed by atoms with van der Waals surface area (Å²) in [7, 11) is 0. The Morgan fingerprint density at radius 1 is 1.00 bits per heavy atom. The van der Waals surface area contributed by atoms with Crippen molar-refractivity contribution >= 4 is 23.2 Å². The smallest absolute Gasteiger partial charge is 0.247 e. The second-order valence-corrected chi connectivity index (χ2v) is 4.98. The van der Waals surface area contributed by atoms with Crippen LogP contribution >= 0.6 is 0 Å². The van der Waals surface area contributed by atoms with Crippen LogP contribution < -0.4 is 10.6 Å². The van der Waals surface area contributed by atoms with Crippen LogP contribution in [0.5, 0.6) is 0 Å². The molecule has 0 spiro atoms. The molecule has 0 aliphatic rings. The molecule has 0 heterocycles.